The molecule has 3 unspecified atom stereocenters. The van der Waals surface area contributed by atoms with Gasteiger partial charge >= 0.3 is 0 Å². The van der Waals surface area contributed by atoms with Crippen molar-refractivity contribution in [2.75, 3.05) is 150 Å². The van der Waals surface area contributed by atoms with E-state index in [0.717, 1.165) is 93.3 Å². The topological polar surface area (TPSA) is 270 Å². The van der Waals surface area contributed by atoms with Crippen LogP contribution in [0.4, 0.5) is 45.5 Å². The van der Waals surface area contributed by atoms with E-state index in [0.29, 0.717) is 181 Å². The Hall–Kier alpha value is -10.2. The van der Waals surface area contributed by atoms with Gasteiger partial charge in [0.05, 0.1) is 112 Å². The molecule has 0 aliphatic carbocycles. The first-order chi connectivity index (χ1) is 62.5. The summed E-state index contributed by atoms with van der Waals surface area (Å²) in [5, 5.41) is 29.1. The molecule has 130 heavy (non-hydrogen) atoms. The number of phenols is 1. The van der Waals surface area contributed by atoms with Gasteiger partial charge in [-0.3, -0.25) is 53.6 Å². The lowest BCUT2D eigenvalue weighted by molar-refractivity contribution is -0.131. The van der Waals surface area contributed by atoms with Crippen LogP contribution in [0.2, 0.25) is 0 Å². The number of hydrogen-bond acceptors (Lipinski definition) is 22. The summed E-state index contributed by atoms with van der Waals surface area (Å²) in [6.07, 6.45) is 15.8. The quantitative estimate of drug-likeness (QED) is 0.0300. The average Bonchev–Trinajstić information content (AvgIpc) is 1.62. The summed E-state index contributed by atoms with van der Waals surface area (Å²) in [5.41, 5.74) is 15.8. The second-order valence-electron chi connectivity index (χ2n) is 34.8. The molecule has 0 fully saturated rings. The number of carbonyl (C=O) groups excluding carboxylic acids is 5. The van der Waals surface area contributed by atoms with Crippen LogP contribution in [0.5, 0.6) is 23.0 Å². The lowest BCUT2D eigenvalue weighted by Gasteiger charge is -2.31. The van der Waals surface area contributed by atoms with Gasteiger partial charge in [-0.2, -0.15) is 0 Å². The van der Waals surface area contributed by atoms with Gasteiger partial charge in [-0.25, -0.2) is 0 Å². The number of hydrogen-bond donors (Lipinski definition) is 3. The van der Waals surface area contributed by atoms with Crippen molar-refractivity contribution in [2.24, 2.45) is 15.0 Å². The number of ether oxygens (including phenoxy) is 7. The first-order valence-electron chi connectivity index (χ1n) is 44.8. The Balaban J connectivity index is 0.000000226. The summed E-state index contributed by atoms with van der Waals surface area (Å²) in [6.45, 7) is 24.6. The number of methoxy groups -OCH3 is 1. The van der Waals surface area contributed by atoms with E-state index in [1.54, 1.807) is 65.3 Å². The van der Waals surface area contributed by atoms with Crippen LogP contribution in [0.15, 0.2) is 161 Å². The third-order valence-corrected chi connectivity index (χ3v) is 30.2. The molecule has 5 atom stereocenters. The standard InChI is InChI=1S/C59H68N6O8S2.C25H44N2O5S2.C17H14N2O2/c1-8-21-70-23-24-71-22-20-63(19-13-18-56(66)62(5)38-59(3,4)75(7)74)44-27-40(36-72-53-32-49-47(25-39(53)2)57(67)64-45(34-60-49)29-42-14-9-11-16-51(42)64)26-41(28-44)37-73-55-33-50-48(31-54(55)69-6)58(68)65-46(35-61-50)30-43-15-10-12-17-52(43)65;1-6-11-31-13-14-32-12-10-27(23-16-21(18-28)15-22(17-23)19-29)9-7-8-24(30)26(4)20-25(2,3)34(5)33;1-10-6-13-14(8-16(10)20)18-9-12-7-11-4-2-3-5-15(11)19(12)17(13)21/h9-12,14-17,25-28,31-35,45-46H,8,13,18-24,29-30,36-38H2,1-7H3;15-17,28-29H,6-14,18-20H2,1-5H3;2-6,8-9,12,20H,7H2,1H3/t45-,46-,75?;;/m0../s1. The molecule has 0 spiro atoms. The minimum absolute atomic E-state index is 0.0512. The summed E-state index contributed by atoms with van der Waals surface area (Å²) in [4.78, 5) is 95.1. The first kappa shape index (κ1) is 98.8. The molecule has 8 aromatic rings. The molecule has 25 nitrogen and oxygen atoms in total. The zero-order chi connectivity index (χ0) is 92.9. The van der Waals surface area contributed by atoms with Crippen molar-refractivity contribution < 1.29 is 72.5 Å². The molecule has 0 saturated carbocycles. The van der Waals surface area contributed by atoms with Crippen LogP contribution in [-0.4, -0.2) is 227 Å². The molecule has 694 valence electrons. The highest BCUT2D eigenvalue weighted by atomic mass is 32.8. The van der Waals surface area contributed by atoms with Crippen molar-refractivity contribution in [3.63, 3.8) is 0 Å². The summed E-state index contributed by atoms with van der Waals surface area (Å²) < 4.78 is 41.9. The number of para-hydroxylation sites is 3. The fourth-order valence-corrected chi connectivity index (χ4v) is 17.8. The minimum Gasteiger partial charge on any atom is -0.508 e. The van der Waals surface area contributed by atoms with Gasteiger partial charge in [0.25, 0.3) is 17.7 Å². The molecule has 0 radical (unpaired) electrons. The van der Waals surface area contributed by atoms with E-state index >= 15 is 0 Å². The Labute approximate surface area is 780 Å². The number of fused-ring (bicyclic) bond motifs is 12. The second kappa shape index (κ2) is 46.3. The van der Waals surface area contributed by atoms with Crippen LogP contribution < -0.4 is 38.7 Å². The van der Waals surface area contributed by atoms with Crippen molar-refractivity contribution in [3.05, 3.63) is 212 Å². The molecule has 8 aromatic carbocycles. The Morgan fingerprint density at radius 3 is 1.23 bits per heavy atom. The number of aliphatic hydroxyl groups is 2. The molecule has 6 aliphatic rings. The molecule has 5 amide bonds. The maximum Gasteiger partial charge on any atom is 0.261 e. The van der Waals surface area contributed by atoms with E-state index in [1.807, 2.05) is 141 Å². The van der Waals surface area contributed by atoms with Crippen molar-refractivity contribution in [3.8, 4) is 23.0 Å². The number of aliphatic hydroxyl groups excluding tert-OH is 2. The number of carbonyl (C=O) groups is 5. The van der Waals surface area contributed by atoms with Gasteiger partial charge < -0.3 is 68.1 Å². The third-order valence-electron chi connectivity index (χ3n) is 24.1. The summed E-state index contributed by atoms with van der Waals surface area (Å²) >= 11 is 11.1. The van der Waals surface area contributed by atoms with E-state index in [-0.39, 0.29) is 108 Å². The van der Waals surface area contributed by atoms with Crippen LogP contribution in [0.25, 0.3) is 0 Å². The van der Waals surface area contributed by atoms with Gasteiger partial charge in [-0.05, 0) is 197 Å². The number of benzene rings is 8. The predicted molar refractivity (Wildman–Crippen MR) is 529 cm³/mol. The number of aliphatic imine (C=N–C) groups is 3. The molecular weight excluding hydrogens is 1720 g/mol. The number of aromatic hydroxyl groups is 1. The van der Waals surface area contributed by atoms with Gasteiger partial charge in [-0.15, -0.1) is 18.9 Å². The number of amides is 5. The average molecular weight is 1850 g/mol. The number of aryl methyl sites for hydroxylation is 2. The highest BCUT2D eigenvalue weighted by molar-refractivity contribution is 8.29. The first-order valence-corrected chi connectivity index (χ1v) is 49.9. The van der Waals surface area contributed by atoms with E-state index in [9.17, 15) is 39.3 Å². The minimum atomic E-state index is -0.278. The van der Waals surface area contributed by atoms with Crippen LogP contribution in [0, 0.1) is 13.8 Å². The van der Waals surface area contributed by atoms with Crippen LogP contribution in [0.3, 0.4) is 0 Å². The monoisotopic (exact) mass is 1850 g/mol. The number of rotatable bonds is 41. The van der Waals surface area contributed by atoms with Crippen LogP contribution >= 0.6 is 0 Å². The smallest absolute Gasteiger partial charge is 0.261 e. The maximum atomic E-state index is 14.2. The normalized spacial score (nSPS) is 15.9. The molecule has 0 saturated heterocycles. The van der Waals surface area contributed by atoms with Crippen molar-refractivity contribution >= 4 is 135 Å². The zero-order valence-corrected chi connectivity index (χ0v) is 80.5. The van der Waals surface area contributed by atoms with E-state index < -0.39 is 0 Å². The van der Waals surface area contributed by atoms with Crippen molar-refractivity contribution in [1.29, 1.82) is 0 Å². The second-order valence-corrected chi connectivity index (χ2v) is 41.9. The highest BCUT2D eigenvalue weighted by Gasteiger charge is 2.40. The number of nitrogens with zero attached hydrogens (tertiary/aromatic N) is 10. The van der Waals surface area contributed by atoms with Crippen LogP contribution in [0.1, 0.15) is 161 Å². The Bertz CT molecular complexity index is 5470. The molecule has 6 aliphatic heterocycles. The van der Waals surface area contributed by atoms with Gasteiger partial charge in [0.2, 0.25) is 11.8 Å². The molecule has 0 bridgehead atoms. The third kappa shape index (κ3) is 25.0. The Morgan fingerprint density at radius 2 is 0.831 bits per heavy atom. The Kier molecular flexibility index (Phi) is 35.2. The van der Waals surface area contributed by atoms with E-state index in [2.05, 4.69) is 86.7 Å². The molecular formula is C101H126N10O15S4. The summed E-state index contributed by atoms with van der Waals surface area (Å²) in [6, 6.07) is 46.0. The van der Waals surface area contributed by atoms with Crippen molar-refractivity contribution in [1.82, 2.24) is 9.80 Å². The fraction of sp³-hybridized carbons (Fsp3) is 0.446. The molecule has 14 rings (SSSR count). The Morgan fingerprint density at radius 1 is 0.469 bits per heavy atom. The lowest BCUT2D eigenvalue weighted by Crippen LogP contribution is -2.42. The zero-order valence-electron chi connectivity index (χ0n) is 77.3. The van der Waals surface area contributed by atoms with Gasteiger partial charge in [0.1, 0.15) is 24.7 Å². The van der Waals surface area contributed by atoms with E-state index in [1.165, 1.54) is 5.56 Å². The molecule has 29 heteroatoms. The van der Waals surface area contributed by atoms with Crippen LogP contribution in [-0.2, 0) is 116 Å². The summed E-state index contributed by atoms with van der Waals surface area (Å²) in [5.74, 6) is 1.54. The van der Waals surface area contributed by atoms with Crippen molar-refractivity contribution in [2.45, 2.75) is 167 Å². The molecule has 0 aromatic heterocycles. The molecule has 6 heterocycles. The van der Waals surface area contributed by atoms with Gasteiger partial charge in [-0.1, -0.05) is 96.9 Å². The van der Waals surface area contributed by atoms with E-state index in [4.69, 9.17) is 65.5 Å². The molecule has 3 N–H and O–H groups in total. The van der Waals surface area contributed by atoms with Gasteiger partial charge in [0, 0.05) is 173 Å². The van der Waals surface area contributed by atoms with Gasteiger partial charge in [0.15, 0.2) is 11.5 Å². The fourth-order valence-electron chi connectivity index (χ4n) is 16.7. The lowest BCUT2D eigenvalue weighted by atomic mass is 10.1. The SMILES string of the molecule is CCCOCCOCCN(CCCC(=O)N(C)CC(C)(C)S(C)=S)c1cc(CO)cc(CO)c1.CCCOCCOCCN(CCCC(=O)N(C)CC(C)(C)S(C)=S)c1cc(COc2cc3c(cc2C)C(=O)N2c4ccccc4C[C@H]2C=N3)cc(COc2cc3c(cc2OC)C(=O)N2c4ccccc4C[C@H]2C=N3)c1.Cc1cc2c(cc1O)N=CC1Cc3ccccc3N1C2=O. The largest absolute Gasteiger partial charge is 0.508 e. The number of anilines is 5. The predicted octanol–water partition coefficient (Wildman–Crippen LogP) is 15.3. The number of phenolic OH excluding ortho intramolecular Hbond substituents is 1. The maximum absolute atomic E-state index is 14.2. The summed E-state index contributed by atoms with van der Waals surface area (Å²) in [7, 11) is 4.79. The highest BCUT2D eigenvalue weighted by Crippen LogP contribution is 2.44.